The highest BCUT2D eigenvalue weighted by Gasteiger charge is 2.05. The summed E-state index contributed by atoms with van der Waals surface area (Å²) in [6.07, 6.45) is 3.90. The van der Waals surface area contributed by atoms with Gasteiger partial charge in [-0.25, -0.2) is 4.98 Å². The summed E-state index contributed by atoms with van der Waals surface area (Å²) in [4.78, 5) is 19.8. The van der Waals surface area contributed by atoms with Crippen molar-refractivity contribution in [1.29, 1.82) is 0 Å². The monoisotopic (exact) mass is 365 g/mol. The van der Waals surface area contributed by atoms with Crippen LogP contribution in [-0.4, -0.2) is 36.1 Å². The molecule has 2 N–H and O–H groups in total. The molecular formula is C21H23N3O3. The van der Waals surface area contributed by atoms with E-state index in [1.807, 2.05) is 49.4 Å². The second kappa shape index (κ2) is 8.89. The molecule has 0 fully saturated rings. The van der Waals surface area contributed by atoms with Crippen LogP contribution >= 0.6 is 0 Å². The zero-order valence-electron chi connectivity index (χ0n) is 15.5. The molecule has 0 atom stereocenters. The minimum Gasteiger partial charge on any atom is -0.493 e. The first-order valence-corrected chi connectivity index (χ1v) is 8.90. The fourth-order valence-electron chi connectivity index (χ4n) is 2.72. The molecule has 140 valence electrons. The minimum atomic E-state index is -0.154. The molecule has 6 nitrogen and oxygen atoms in total. The number of hydrogen-bond acceptors (Lipinski definition) is 4. The lowest BCUT2D eigenvalue weighted by molar-refractivity contribution is -0.116. The molecule has 6 heteroatoms. The molecule has 27 heavy (non-hydrogen) atoms. The predicted octanol–water partition coefficient (Wildman–Crippen LogP) is 3.34. The molecular weight excluding hydrogens is 342 g/mol. The summed E-state index contributed by atoms with van der Waals surface area (Å²) < 4.78 is 10.8. The van der Waals surface area contributed by atoms with Gasteiger partial charge in [-0.15, -0.1) is 0 Å². The third-order valence-corrected chi connectivity index (χ3v) is 4.01. The standard InChI is InChI=1S/C21H23N3O3/c1-3-27-18-10-8-15(14-19(18)26-2)9-11-21(25)22-13-12-20-23-16-6-4-5-7-17(16)24-20/h4-11,14H,3,12-13H2,1-2H3,(H,22,25)(H,23,24). The molecule has 3 rings (SSSR count). The van der Waals surface area contributed by atoms with E-state index >= 15 is 0 Å². The average molecular weight is 365 g/mol. The summed E-state index contributed by atoms with van der Waals surface area (Å²) in [6, 6.07) is 13.4. The number of nitrogens with zero attached hydrogens (tertiary/aromatic N) is 1. The highest BCUT2D eigenvalue weighted by atomic mass is 16.5. The van der Waals surface area contributed by atoms with Crippen molar-refractivity contribution in [2.24, 2.45) is 0 Å². The fourth-order valence-corrected chi connectivity index (χ4v) is 2.72. The fraction of sp³-hybridized carbons (Fsp3) is 0.238. The maximum atomic E-state index is 12.0. The van der Waals surface area contributed by atoms with E-state index in [0.29, 0.717) is 31.1 Å². The molecule has 3 aromatic rings. The normalized spacial score (nSPS) is 11.0. The van der Waals surface area contributed by atoms with Crippen LogP contribution in [0.3, 0.4) is 0 Å². The first-order valence-electron chi connectivity index (χ1n) is 8.90. The lowest BCUT2D eigenvalue weighted by Gasteiger charge is -2.09. The Morgan fingerprint density at radius 2 is 2.07 bits per heavy atom. The molecule has 0 saturated heterocycles. The maximum Gasteiger partial charge on any atom is 0.244 e. The Hall–Kier alpha value is -3.28. The molecule has 0 spiro atoms. The SMILES string of the molecule is CCOc1ccc(C=CC(=O)NCCc2nc3ccccc3[nH]2)cc1OC. The molecule has 0 unspecified atom stereocenters. The van der Waals surface area contributed by atoms with Crippen molar-refractivity contribution >= 4 is 23.0 Å². The summed E-state index contributed by atoms with van der Waals surface area (Å²) in [5.41, 5.74) is 2.80. The second-order valence-corrected chi connectivity index (χ2v) is 5.92. The molecule has 1 amide bonds. The van der Waals surface area contributed by atoms with Crippen LogP contribution in [0.1, 0.15) is 18.3 Å². The molecule has 0 saturated carbocycles. The number of carbonyl (C=O) groups is 1. The van der Waals surface area contributed by atoms with Crippen molar-refractivity contribution in [3.05, 3.63) is 59.9 Å². The molecule has 1 heterocycles. The van der Waals surface area contributed by atoms with Gasteiger partial charge in [0.1, 0.15) is 5.82 Å². The number of nitrogens with one attached hydrogen (secondary N) is 2. The molecule has 0 aliphatic rings. The highest BCUT2D eigenvalue weighted by Crippen LogP contribution is 2.28. The van der Waals surface area contributed by atoms with E-state index in [2.05, 4.69) is 15.3 Å². The number of amides is 1. The minimum absolute atomic E-state index is 0.154. The van der Waals surface area contributed by atoms with Crippen LogP contribution in [0.4, 0.5) is 0 Å². The highest BCUT2D eigenvalue weighted by molar-refractivity contribution is 5.91. The quantitative estimate of drug-likeness (QED) is 0.600. The van der Waals surface area contributed by atoms with Gasteiger partial charge in [-0.1, -0.05) is 18.2 Å². The first kappa shape index (κ1) is 18.5. The van der Waals surface area contributed by atoms with E-state index in [-0.39, 0.29) is 5.91 Å². The van der Waals surface area contributed by atoms with Crippen molar-refractivity contribution < 1.29 is 14.3 Å². The van der Waals surface area contributed by atoms with E-state index < -0.39 is 0 Å². The van der Waals surface area contributed by atoms with Crippen LogP contribution < -0.4 is 14.8 Å². The predicted molar refractivity (Wildman–Crippen MR) is 106 cm³/mol. The number of ether oxygens (including phenoxy) is 2. The van der Waals surface area contributed by atoms with Gasteiger partial charge in [0.05, 0.1) is 24.8 Å². The van der Waals surface area contributed by atoms with Gasteiger partial charge >= 0.3 is 0 Å². The second-order valence-electron chi connectivity index (χ2n) is 5.92. The third-order valence-electron chi connectivity index (χ3n) is 4.01. The number of benzene rings is 2. The number of aromatic amines is 1. The molecule has 1 aromatic heterocycles. The lowest BCUT2D eigenvalue weighted by Crippen LogP contribution is -2.23. The van der Waals surface area contributed by atoms with Gasteiger partial charge < -0.3 is 19.8 Å². The average Bonchev–Trinajstić information content (AvgIpc) is 3.10. The number of imidazole rings is 1. The summed E-state index contributed by atoms with van der Waals surface area (Å²) >= 11 is 0. The number of hydrogen-bond donors (Lipinski definition) is 2. The Labute approximate surface area is 158 Å². The van der Waals surface area contributed by atoms with Gasteiger partial charge in [0.2, 0.25) is 5.91 Å². The summed E-state index contributed by atoms with van der Waals surface area (Å²) in [7, 11) is 1.59. The van der Waals surface area contributed by atoms with Crippen molar-refractivity contribution in [2.75, 3.05) is 20.3 Å². The number of H-pyrrole nitrogens is 1. The van der Waals surface area contributed by atoms with E-state index in [9.17, 15) is 4.79 Å². The Morgan fingerprint density at radius 1 is 1.22 bits per heavy atom. The Balaban J connectivity index is 1.52. The zero-order chi connectivity index (χ0) is 19.1. The number of fused-ring (bicyclic) bond motifs is 1. The molecule has 2 aromatic carbocycles. The molecule has 0 aliphatic carbocycles. The number of aromatic nitrogens is 2. The van der Waals surface area contributed by atoms with Gasteiger partial charge in [-0.3, -0.25) is 4.79 Å². The number of carbonyl (C=O) groups excluding carboxylic acids is 1. The van der Waals surface area contributed by atoms with Crippen molar-refractivity contribution in [3.63, 3.8) is 0 Å². The van der Waals surface area contributed by atoms with Crippen LogP contribution in [0, 0.1) is 0 Å². The van der Waals surface area contributed by atoms with Gasteiger partial charge in [0.25, 0.3) is 0 Å². The van der Waals surface area contributed by atoms with Gasteiger partial charge in [-0.05, 0) is 42.8 Å². The van der Waals surface area contributed by atoms with Gasteiger partial charge in [-0.2, -0.15) is 0 Å². The van der Waals surface area contributed by atoms with E-state index in [4.69, 9.17) is 9.47 Å². The summed E-state index contributed by atoms with van der Waals surface area (Å²) in [5, 5.41) is 2.86. The van der Waals surface area contributed by atoms with Crippen LogP contribution in [0.5, 0.6) is 11.5 Å². The van der Waals surface area contributed by atoms with E-state index in [1.165, 1.54) is 6.08 Å². The summed E-state index contributed by atoms with van der Waals surface area (Å²) in [5.74, 6) is 2.03. The van der Waals surface area contributed by atoms with Gasteiger partial charge in [0.15, 0.2) is 11.5 Å². The Bertz CT molecular complexity index is 914. The van der Waals surface area contributed by atoms with Gasteiger partial charge in [0, 0.05) is 19.0 Å². The zero-order valence-corrected chi connectivity index (χ0v) is 15.5. The third kappa shape index (κ3) is 4.88. The molecule has 0 radical (unpaired) electrons. The maximum absolute atomic E-state index is 12.0. The van der Waals surface area contributed by atoms with Crippen LogP contribution in [-0.2, 0) is 11.2 Å². The number of rotatable bonds is 8. The summed E-state index contributed by atoms with van der Waals surface area (Å²) in [6.45, 7) is 3.00. The van der Waals surface area contributed by atoms with E-state index in [0.717, 1.165) is 22.4 Å². The first-order chi connectivity index (χ1) is 13.2. The van der Waals surface area contributed by atoms with Crippen molar-refractivity contribution in [2.45, 2.75) is 13.3 Å². The van der Waals surface area contributed by atoms with Crippen LogP contribution in [0.25, 0.3) is 17.1 Å². The number of para-hydroxylation sites is 2. The number of methoxy groups -OCH3 is 1. The van der Waals surface area contributed by atoms with E-state index in [1.54, 1.807) is 13.2 Å². The van der Waals surface area contributed by atoms with Crippen molar-refractivity contribution in [3.8, 4) is 11.5 Å². The Morgan fingerprint density at radius 3 is 2.85 bits per heavy atom. The Kier molecular flexibility index (Phi) is 6.10. The molecule has 0 aliphatic heterocycles. The van der Waals surface area contributed by atoms with Crippen LogP contribution in [0.15, 0.2) is 48.5 Å². The topological polar surface area (TPSA) is 76.2 Å². The van der Waals surface area contributed by atoms with Crippen molar-refractivity contribution in [1.82, 2.24) is 15.3 Å². The smallest absolute Gasteiger partial charge is 0.244 e. The van der Waals surface area contributed by atoms with Crippen LogP contribution in [0.2, 0.25) is 0 Å². The molecule has 0 bridgehead atoms. The lowest BCUT2D eigenvalue weighted by atomic mass is 10.2. The largest absolute Gasteiger partial charge is 0.493 e.